The summed E-state index contributed by atoms with van der Waals surface area (Å²) >= 11 is 0. The zero-order chi connectivity index (χ0) is 38.0. The van der Waals surface area contributed by atoms with E-state index in [1.165, 1.54) is 122 Å². The Morgan fingerprint density at radius 3 is 1.62 bits per heavy atom. The second-order valence-electron chi connectivity index (χ2n) is 16.6. The first-order chi connectivity index (χ1) is 25.4. The molecular weight excluding hydrogens is 647 g/mol. The minimum absolute atomic E-state index is 0.00904. The smallest absolute Gasteiger partial charge is 0.308 e. The van der Waals surface area contributed by atoms with Gasteiger partial charge in [-0.05, 0) is 96.6 Å². The number of unbranched alkanes of at least 4 members (excludes halogenated alkanes) is 18. The molecule has 52 heavy (non-hydrogen) atoms. The summed E-state index contributed by atoms with van der Waals surface area (Å²) in [5.41, 5.74) is 0.230. The molecule has 0 aliphatic carbocycles. The highest BCUT2D eigenvalue weighted by Crippen LogP contribution is 2.38. The summed E-state index contributed by atoms with van der Waals surface area (Å²) < 4.78 is 11.6. The van der Waals surface area contributed by atoms with E-state index in [0.29, 0.717) is 13.2 Å². The number of aliphatic hydroxyl groups is 1. The number of aliphatic hydroxyl groups excluding tert-OH is 1. The average molecular weight is 736 g/mol. The van der Waals surface area contributed by atoms with Crippen LogP contribution in [0.5, 0.6) is 0 Å². The highest BCUT2D eigenvalue weighted by molar-refractivity contribution is 5.72. The standard InChI is InChI=1S/C46H89NO5/c1-5-8-11-14-16-20-31-42(4)44(49)51-40-29-18-23-34-46(36-25-26-37-47(46)38-27-28-39-48)35-24-19-30-41-52-45(50)43(32-21-13-10-7-3)33-22-17-15-12-9-6-2/h42-43,48H,5-41H2,1-4H3. The summed E-state index contributed by atoms with van der Waals surface area (Å²) in [5.74, 6) is 0.132. The van der Waals surface area contributed by atoms with Gasteiger partial charge < -0.3 is 14.6 Å². The van der Waals surface area contributed by atoms with Gasteiger partial charge in [-0.15, -0.1) is 0 Å². The Balaban J connectivity index is 2.51. The highest BCUT2D eigenvalue weighted by Gasteiger charge is 2.37. The molecule has 1 aliphatic rings. The molecule has 0 aromatic carbocycles. The molecule has 6 heteroatoms. The molecule has 0 saturated carbocycles. The average Bonchev–Trinajstić information content (AvgIpc) is 3.15. The van der Waals surface area contributed by atoms with Crippen LogP contribution in [0.25, 0.3) is 0 Å². The van der Waals surface area contributed by atoms with Crippen molar-refractivity contribution in [3.63, 3.8) is 0 Å². The van der Waals surface area contributed by atoms with Crippen LogP contribution in [0.2, 0.25) is 0 Å². The zero-order valence-corrected chi connectivity index (χ0v) is 35.3. The lowest BCUT2D eigenvalue weighted by Crippen LogP contribution is -2.52. The quantitative estimate of drug-likeness (QED) is 0.0506. The van der Waals surface area contributed by atoms with Gasteiger partial charge in [0.15, 0.2) is 0 Å². The van der Waals surface area contributed by atoms with Crippen LogP contribution in [0, 0.1) is 11.8 Å². The summed E-state index contributed by atoms with van der Waals surface area (Å²) in [6, 6.07) is 0. The summed E-state index contributed by atoms with van der Waals surface area (Å²) in [7, 11) is 0. The second kappa shape index (κ2) is 34.4. The molecule has 1 heterocycles. The molecule has 1 N–H and O–H groups in total. The molecule has 0 aromatic rings. The number of ether oxygens (including phenoxy) is 2. The van der Waals surface area contributed by atoms with Gasteiger partial charge in [-0.3, -0.25) is 14.5 Å². The predicted molar refractivity (Wildman–Crippen MR) is 221 cm³/mol. The first kappa shape index (κ1) is 48.9. The summed E-state index contributed by atoms with van der Waals surface area (Å²) in [5, 5.41) is 9.46. The van der Waals surface area contributed by atoms with Crippen LogP contribution < -0.4 is 0 Å². The molecule has 0 bridgehead atoms. The van der Waals surface area contributed by atoms with Gasteiger partial charge >= 0.3 is 11.9 Å². The second-order valence-corrected chi connectivity index (χ2v) is 16.6. The third-order valence-electron chi connectivity index (χ3n) is 11.9. The monoisotopic (exact) mass is 736 g/mol. The first-order valence-corrected chi connectivity index (χ1v) is 23.1. The van der Waals surface area contributed by atoms with Crippen LogP contribution in [0.15, 0.2) is 0 Å². The van der Waals surface area contributed by atoms with Gasteiger partial charge in [-0.1, -0.05) is 150 Å². The zero-order valence-electron chi connectivity index (χ0n) is 35.3. The van der Waals surface area contributed by atoms with Gasteiger partial charge in [0.05, 0.1) is 25.0 Å². The van der Waals surface area contributed by atoms with Crippen LogP contribution in [0.3, 0.4) is 0 Å². The van der Waals surface area contributed by atoms with Crippen molar-refractivity contribution in [2.45, 2.75) is 239 Å². The number of carbonyl (C=O) groups excluding carboxylic acids is 2. The third kappa shape index (κ3) is 24.3. The van der Waals surface area contributed by atoms with Gasteiger partial charge in [0.1, 0.15) is 0 Å². The summed E-state index contributed by atoms with van der Waals surface area (Å²) in [6.07, 6.45) is 37.5. The van der Waals surface area contributed by atoms with E-state index in [9.17, 15) is 14.7 Å². The van der Waals surface area contributed by atoms with E-state index < -0.39 is 0 Å². The van der Waals surface area contributed by atoms with E-state index >= 15 is 0 Å². The molecule has 1 rings (SSSR count). The minimum atomic E-state index is -0.0154. The molecule has 1 saturated heterocycles. The van der Waals surface area contributed by atoms with Gasteiger partial charge in [-0.2, -0.15) is 0 Å². The maximum absolute atomic E-state index is 13.1. The molecule has 1 aliphatic heterocycles. The summed E-state index contributed by atoms with van der Waals surface area (Å²) in [6.45, 7) is 12.4. The van der Waals surface area contributed by atoms with E-state index in [1.54, 1.807) is 0 Å². The highest BCUT2D eigenvalue weighted by atomic mass is 16.5. The van der Waals surface area contributed by atoms with Crippen molar-refractivity contribution >= 4 is 11.9 Å². The van der Waals surface area contributed by atoms with Crippen molar-refractivity contribution in [1.29, 1.82) is 0 Å². The SMILES string of the molecule is CCCCCCCCC(C)C(=O)OCCCCCC1(CCCCCOC(=O)C(CCCCCC)CCCCCCCC)CCCCN1CCCCO. The van der Waals surface area contributed by atoms with E-state index in [1.807, 2.05) is 6.92 Å². The van der Waals surface area contributed by atoms with Crippen LogP contribution in [0.4, 0.5) is 0 Å². The Morgan fingerprint density at radius 1 is 0.577 bits per heavy atom. The van der Waals surface area contributed by atoms with Crippen LogP contribution in [-0.2, 0) is 19.1 Å². The topological polar surface area (TPSA) is 76.1 Å². The minimum Gasteiger partial charge on any atom is -0.465 e. The van der Waals surface area contributed by atoms with Crippen molar-refractivity contribution < 1.29 is 24.2 Å². The lowest BCUT2D eigenvalue weighted by molar-refractivity contribution is -0.149. The van der Waals surface area contributed by atoms with Crippen LogP contribution in [-0.4, -0.2) is 60.4 Å². The number of hydrogen-bond acceptors (Lipinski definition) is 6. The van der Waals surface area contributed by atoms with Crippen LogP contribution >= 0.6 is 0 Å². The molecule has 0 amide bonds. The molecule has 0 aromatic heterocycles. The van der Waals surface area contributed by atoms with Crippen LogP contribution in [0.1, 0.15) is 233 Å². The summed E-state index contributed by atoms with van der Waals surface area (Å²) in [4.78, 5) is 28.5. The lowest BCUT2D eigenvalue weighted by Gasteiger charge is -2.48. The molecule has 308 valence electrons. The Labute approximate surface area is 323 Å². The van der Waals surface area contributed by atoms with Gasteiger partial charge in [0.25, 0.3) is 0 Å². The number of rotatable bonds is 37. The predicted octanol–water partition coefficient (Wildman–Crippen LogP) is 12.9. The fourth-order valence-corrected chi connectivity index (χ4v) is 8.40. The Bertz CT molecular complexity index is 821. The Morgan fingerprint density at radius 2 is 1.06 bits per heavy atom. The maximum atomic E-state index is 13.1. The number of likely N-dealkylation sites (tertiary alicyclic amines) is 1. The van der Waals surface area contributed by atoms with E-state index in [0.717, 1.165) is 96.6 Å². The molecular formula is C46H89NO5. The van der Waals surface area contributed by atoms with E-state index in [-0.39, 0.29) is 35.9 Å². The van der Waals surface area contributed by atoms with Crippen molar-refractivity contribution in [1.82, 2.24) is 4.90 Å². The van der Waals surface area contributed by atoms with Gasteiger partial charge in [-0.25, -0.2) is 0 Å². The fraction of sp³-hybridized carbons (Fsp3) is 0.957. The van der Waals surface area contributed by atoms with Crippen molar-refractivity contribution in [2.75, 3.05) is 32.9 Å². The van der Waals surface area contributed by atoms with E-state index in [2.05, 4.69) is 25.7 Å². The van der Waals surface area contributed by atoms with Gasteiger partial charge in [0, 0.05) is 12.1 Å². The van der Waals surface area contributed by atoms with Crippen molar-refractivity contribution in [3.8, 4) is 0 Å². The number of nitrogens with zero attached hydrogens (tertiary/aromatic N) is 1. The first-order valence-electron chi connectivity index (χ1n) is 23.1. The molecule has 3 atom stereocenters. The Kier molecular flexibility index (Phi) is 32.3. The fourth-order valence-electron chi connectivity index (χ4n) is 8.40. The lowest BCUT2D eigenvalue weighted by atomic mass is 9.78. The largest absolute Gasteiger partial charge is 0.465 e. The number of piperidine rings is 1. The molecule has 0 radical (unpaired) electrons. The Hall–Kier alpha value is -1.14. The number of carbonyl (C=O) groups is 2. The van der Waals surface area contributed by atoms with Crippen molar-refractivity contribution in [2.24, 2.45) is 11.8 Å². The number of hydrogen-bond donors (Lipinski definition) is 1. The van der Waals surface area contributed by atoms with E-state index in [4.69, 9.17) is 9.47 Å². The van der Waals surface area contributed by atoms with Crippen molar-refractivity contribution in [3.05, 3.63) is 0 Å². The third-order valence-corrected chi connectivity index (χ3v) is 11.9. The molecule has 6 nitrogen and oxygen atoms in total. The molecule has 1 fully saturated rings. The van der Waals surface area contributed by atoms with Gasteiger partial charge in [0.2, 0.25) is 0 Å². The normalized spacial score (nSPS) is 17.6. The maximum Gasteiger partial charge on any atom is 0.308 e. The molecule has 0 spiro atoms. The molecule has 3 unspecified atom stereocenters. The number of esters is 2.